The highest BCUT2D eigenvalue weighted by Gasteiger charge is 2.37. The summed E-state index contributed by atoms with van der Waals surface area (Å²) in [6.07, 6.45) is 4.50. The Hall–Kier alpha value is -4.00. The van der Waals surface area contributed by atoms with Crippen LogP contribution in [-0.2, 0) is 13.1 Å². The van der Waals surface area contributed by atoms with Gasteiger partial charge in [-0.25, -0.2) is 0 Å². The minimum atomic E-state index is -0.0339. The minimum Gasteiger partial charge on any atom is -0.376 e. The third kappa shape index (κ3) is 3.73. The van der Waals surface area contributed by atoms with Crippen LogP contribution in [-0.4, -0.2) is 38.4 Å². The van der Waals surface area contributed by atoms with Gasteiger partial charge in [-0.1, -0.05) is 24.3 Å². The van der Waals surface area contributed by atoms with Crippen LogP contribution in [0.2, 0.25) is 0 Å². The van der Waals surface area contributed by atoms with E-state index >= 15 is 0 Å². The summed E-state index contributed by atoms with van der Waals surface area (Å²) in [5.74, 6) is 0.386. The van der Waals surface area contributed by atoms with Gasteiger partial charge in [-0.05, 0) is 54.3 Å². The van der Waals surface area contributed by atoms with E-state index in [1.165, 1.54) is 0 Å². The maximum absolute atomic E-state index is 13.3. The van der Waals surface area contributed by atoms with E-state index < -0.39 is 0 Å². The fourth-order valence-corrected chi connectivity index (χ4v) is 5.31. The highest BCUT2D eigenvalue weighted by atomic mass is 16.2. The molecule has 2 bridgehead atoms. The molecule has 0 aliphatic carbocycles. The lowest BCUT2D eigenvalue weighted by Crippen LogP contribution is -2.49. The van der Waals surface area contributed by atoms with Crippen LogP contribution in [0.4, 0.5) is 5.69 Å². The van der Waals surface area contributed by atoms with E-state index in [0.717, 1.165) is 28.6 Å². The molecular formula is C27H25N5O2. The van der Waals surface area contributed by atoms with Gasteiger partial charge < -0.3 is 14.8 Å². The molecule has 1 N–H and O–H groups in total. The molecule has 6 rings (SSSR count). The maximum Gasteiger partial charge on any atom is 0.274 e. The lowest BCUT2D eigenvalue weighted by molar-refractivity contribution is 0.0589. The second kappa shape index (κ2) is 8.41. The molecule has 0 unspecified atom stereocenters. The average Bonchev–Trinajstić information content (AvgIpc) is 2.88. The van der Waals surface area contributed by atoms with E-state index in [2.05, 4.69) is 21.4 Å². The zero-order chi connectivity index (χ0) is 23.1. The second-order valence-electron chi connectivity index (χ2n) is 9.20. The Balaban J connectivity index is 1.21. The summed E-state index contributed by atoms with van der Waals surface area (Å²) in [6, 6.07) is 19.4. The van der Waals surface area contributed by atoms with Gasteiger partial charge in [0, 0.05) is 55.6 Å². The Morgan fingerprint density at radius 2 is 1.88 bits per heavy atom. The van der Waals surface area contributed by atoms with Gasteiger partial charge in [0.15, 0.2) is 0 Å². The molecule has 7 heteroatoms. The number of para-hydroxylation sites is 1. The van der Waals surface area contributed by atoms with Crippen molar-refractivity contribution < 1.29 is 4.79 Å². The Morgan fingerprint density at radius 1 is 1.00 bits per heavy atom. The predicted octanol–water partition coefficient (Wildman–Crippen LogP) is 3.66. The predicted molar refractivity (Wildman–Crippen MR) is 131 cm³/mol. The first-order valence-electron chi connectivity index (χ1n) is 11.7. The molecule has 1 fully saturated rings. The van der Waals surface area contributed by atoms with Crippen LogP contribution in [0.15, 0.2) is 77.9 Å². The molecule has 4 aromatic rings. The van der Waals surface area contributed by atoms with Crippen LogP contribution < -0.4 is 10.9 Å². The molecule has 0 saturated carbocycles. The molecule has 3 aromatic heterocycles. The number of aromatic nitrogens is 3. The number of hydrogen-bond donors (Lipinski definition) is 1. The minimum absolute atomic E-state index is 0.00505. The zero-order valence-electron chi connectivity index (χ0n) is 18.7. The SMILES string of the molecule is O=C(c1ccccn1)N1C[C@@H]2C[C@H](C1)c1ccc(NCc3cnc4ccccc4c3)c(=O)n1C2. The molecule has 2 atom stereocenters. The second-order valence-corrected chi connectivity index (χ2v) is 9.20. The van der Waals surface area contributed by atoms with Gasteiger partial charge in [0.1, 0.15) is 11.4 Å². The van der Waals surface area contributed by atoms with Gasteiger partial charge in [-0.3, -0.25) is 19.6 Å². The molecule has 0 spiro atoms. The van der Waals surface area contributed by atoms with Gasteiger partial charge in [0.2, 0.25) is 0 Å². The molecule has 2 aliphatic rings. The van der Waals surface area contributed by atoms with Crippen molar-refractivity contribution in [2.45, 2.75) is 25.4 Å². The number of nitrogens with one attached hydrogen (secondary N) is 1. The van der Waals surface area contributed by atoms with Crippen molar-refractivity contribution >= 4 is 22.5 Å². The monoisotopic (exact) mass is 451 g/mol. The molecular weight excluding hydrogens is 426 g/mol. The Bertz CT molecular complexity index is 1430. The highest BCUT2D eigenvalue weighted by Crippen LogP contribution is 2.36. The molecule has 1 amide bonds. The zero-order valence-corrected chi connectivity index (χ0v) is 18.7. The van der Waals surface area contributed by atoms with Crippen LogP contribution in [0.1, 0.15) is 34.1 Å². The van der Waals surface area contributed by atoms with E-state index in [4.69, 9.17) is 0 Å². The number of carbonyl (C=O) groups excluding carboxylic acids is 1. The van der Waals surface area contributed by atoms with Crippen LogP contribution >= 0.6 is 0 Å². The molecule has 34 heavy (non-hydrogen) atoms. The normalized spacial score (nSPS) is 19.0. The topological polar surface area (TPSA) is 80.1 Å². The first-order chi connectivity index (χ1) is 16.7. The summed E-state index contributed by atoms with van der Waals surface area (Å²) in [4.78, 5) is 36.9. The van der Waals surface area contributed by atoms with Crippen molar-refractivity contribution in [3.8, 4) is 0 Å². The van der Waals surface area contributed by atoms with E-state index in [0.29, 0.717) is 37.6 Å². The van der Waals surface area contributed by atoms with Crippen LogP contribution in [0.5, 0.6) is 0 Å². The summed E-state index contributed by atoms with van der Waals surface area (Å²) in [5.41, 5.74) is 4.08. The first-order valence-corrected chi connectivity index (χ1v) is 11.7. The summed E-state index contributed by atoms with van der Waals surface area (Å²) in [7, 11) is 0. The first kappa shape index (κ1) is 20.6. The Labute approximate surface area is 197 Å². The van der Waals surface area contributed by atoms with Crippen molar-refractivity contribution in [2.75, 3.05) is 18.4 Å². The van der Waals surface area contributed by atoms with Crippen molar-refractivity contribution in [3.63, 3.8) is 0 Å². The van der Waals surface area contributed by atoms with E-state index in [1.54, 1.807) is 12.3 Å². The quantitative estimate of drug-likeness (QED) is 0.512. The van der Waals surface area contributed by atoms with E-state index in [1.807, 2.05) is 64.2 Å². The molecule has 0 radical (unpaired) electrons. The molecule has 1 aromatic carbocycles. The summed E-state index contributed by atoms with van der Waals surface area (Å²) >= 11 is 0. The number of nitrogens with zero attached hydrogens (tertiary/aromatic N) is 4. The summed E-state index contributed by atoms with van der Waals surface area (Å²) < 4.78 is 1.91. The largest absolute Gasteiger partial charge is 0.376 e. The Morgan fingerprint density at radius 3 is 2.76 bits per heavy atom. The smallest absolute Gasteiger partial charge is 0.274 e. The Kier molecular flexibility index (Phi) is 5.09. The number of amides is 1. The molecule has 2 aliphatic heterocycles. The molecule has 7 nitrogen and oxygen atoms in total. The molecule has 5 heterocycles. The molecule has 170 valence electrons. The lowest BCUT2D eigenvalue weighted by atomic mass is 9.83. The number of fused-ring (bicyclic) bond motifs is 5. The lowest BCUT2D eigenvalue weighted by Gasteiger charge is -2.42. The van der Waals surface area contributed by atoms with Gasteiger partial charge >= 0.3 is 0 Å². The van der Waals surface area contributed by atoms with E-state index in [-0.39, 0.29) is 23.3 Å². The van der Waals surface area contributed by atoms with Crippen LogP contribution in [0, 0.1) is 5.92 Å². The summed E-state index contributed by atoms with van der Waals surface area (Å²) in [5, 5.41) is 4.40. The maximum atomic E-state index is 13.3. The fourth-order valence-electron chi connectivity index (χ4n) is 5.31. The van der Waals surface area contributed by atoms with Gasteiger partial charge in [0.05, 0.1) is 5.52 Å². The number of pyridine rings is 3. The standard InChI is InChI=1S/C27H25N5O2/c33-26(23-7-3-4-10-28-23)31-15-19-12-21(17-31)25-9-8-24(27(34)32(25)16-19)30-14-18-11-20-5-1-2-6-22(20)29-13-18/h1-11,13,19,21,30H,12,14-17H2/t19-,21+/m0/s1. The van der Waals surface area contributed by atoms with Crippen molar-refractivity contribution in [1.29, 1.82) is 0 Å². The fraction of sp³-hybridized carbons (Fsp3) is 0.259. The highest BCUT2D eigenvalue weighted by molar-refractivity contribution is 5.92. The number of likely N-dealkylation sites (tertiary alicyclic amines) is 1. The van der Waals surface area contributed by atoms with Gasteiger partial charge in [-0.2, -0.15) is 0 Å². The summed E-state index contributed by atoms with van der Waals surface area (Å²) in [6.45, 7) is 2.43. The number of rotatable bonds is 4. The third-order valence-electron chi connectivity index (χ3n) is 6.91. The van der Waals surface area contributed by atoms with Crippen molar-refractivity contribution in [1.82, 2.24) is 19.4 Å². The average molecular weight is 452 g/mol. The van der Waals surface area contributed by atoms with Gasteiger partial charge in [-0.15, -0.1) is 0 Å². The third-order valence-corrected chi connectivity index (χ3v) is 6.91. The number of carbonyl (C=O) groups is 1. The van der Waals surface area contributed by atoms with Crippen LogP contribution in [0.3, 0.4) is 0 Å². The van der Waals surface area contributed by atoms with Crippen molar-refractivity contribution in [2.24, 2.45) is 5.92 Å². The number of anilines is 1. The number of piperidine rings is 1. The van der Waals surface area contributed by atoms with E-state index in [9.17, 15) is 9.59 Å². The van der Waals surface area contributed by atoms with Gasteiger partial charge in [0.25, 0.3) is 11.5 Å². The number of hydrogen-bond acceptors (Lipinski definition) is 5. The number of benzene rings is 1. The van der Waals surface area contributed by atoms with Crippen molar-refractivity contribution in [3.05, 3.63) is 100 Å². The molecule has 1 saturated heterocycles. The van der Waals surface area contributed by atoms with Crippen LogP contribution in [0.25, 0.3) is 10.9 Å².